The lowest BCUT2D eigenvalue weighted by Crippen LogP contribution is -1.92. The molecule has 0 unspecified atom stereocenters. The van der Waals surface area contributed by atoms with E-state index in [9.17, 15) is 0 Å². The minimum atomic E-state index is 0.322. The first-order chi connectivity index (χ1) is 9.28. The molecule has 1 aromatic carbocycles. The lowest BCUT2D eigenvalue weighted by molar-refractivity contribution is 0.413. The quantitative estimate of drug-likeness (QED) is 0.725. The van der Waals surface area contributed by atoms with E-state index in [1.165, 1.54) is 0 Å². The number of furan rings is 1. The summed E-state index contributed by atoms with van der Waals surface area (Å²) in [4.78, 5) is 4.25. The van der Waals surface area contributed by atoms with Gasteiger partial charge in [-0.05, 0) is 30.3 Å². The highest BCUT2D eigenvalue weighted by molar-refractivity contribution is 5.72. The van der Waals surface area contributed by atoms with Gasteiger partial charge in [-0.2, -0.15) is 4.98 Å². The van der Waals surface area contributed by atoms with Crippen LogP contribution in [0.1, 0.15) is 0 Å². The number of nitrogens with zero attached hydrogens (tertiary/aromatic N) is 2. The molecular formula is C13H11N3O3. The van der Waals surface area contributed by atoms with Gasteiger partial charge >= 0.3 is 0 Å². The summed E-state index contributed by atoms with van der Waals surface area (Å²) in [6.07, 6.45) is 1.55. The molecule has 0 radical (unpaired) electrons. The third-order valence-corrected chi connectivity index (χ3v) is 2.66. The smallest absolute Gasteiger partial charge is 0.260 e. The molecule has 0 amide bonds. The van der Waals surface area contributed by atoms with Crippen LogP contribution in [0, 0.1) is 0 Å². The molecule has 0 atom stereocenters. The van der Waals surface area contributed by atoms with Crippen molar-refractivity contribution in [2.45, 2.75) is 0 Å². The molecule has 2 N–H and O–H groups in total. The van der Waals surface area contributed by atoms with E-state index in [-0.39, 0.29) is 0 Å². The van der Waals surface area contributed by atoms with Crippen LogP contribution in [-0.4, -0.2) is 17.3 Å². The van der Waals surface area contributed by atoms with Crippen LogP contribution < -0.4 is 10.5 Å². The van der Waals surface area contributed by atoms with Crippen LogP contribution in [0.15, 0.2) is 45.5 Å². The molecule has 19 heavy (non-hydrogen) atoms. The SMILES string of the molecule is COc1ccc(N)c(-c2nc(-c3ccco3)no2)c1. The fraction of sp³-hybridized carbons (Fsp3) is 0.0769. The van der Waals surface area contributed by atoms with Crippen molar-refractivity contribution in [1.29, 1.82) is 0 Å². The summed E-state index contributed by atoms with van der Waals surface area (Å²) in [6.45, 7) is 0. The molecule has 2 aromatic heterocycles. The summed E-state index contributed by atoms with van der Waals surface area (Å²) in [5, 5.41) is 3.86. The number of ether oxygens (including phenoxy) is 1. The van der Waals surface area contributed by atoms with Crippen LogP contribution >= 0.6 is 0 Å². The Morgan fingerprint density at radius 3 is 2.89 bits per heavy atom. The average molecular weight is 257 g/mol. The Labute approximate surface area is 108 Å². The Morgan fingerprint density at radius 2 is 2.16 bits per heavy atom. The molecule has 0 fully saturated rings. The monoisotopic (exact) mass is 257 g/mol. The maximum absolute atomic E-state index is 5.90. The van der Waals surface area contributed by atoms with Gasteiger partial charge in [0.25, 0.3) is 5.89 Å². The van der Waals surface area contributed by atoms with E-state index in [0.717, 1.165) is 0 Å². The standard InChI is InChI=1S/C13H11N3O3/c1-17-8-4-5-10(14)9(7-8)13-15-12(16-19-13)11-3-2-6-18-11/h2-7H,14H2,1H3. The third-order valence-electron chi connectivity index (χ3n) is 2.66. The van der Waals surface area contributed by atoms with Crippen molar-refractivity contribution in [2.75, 3.05) is 12.8 Å². The van der Waals surface area contributed by atoms with Crippen LogP contribution in [0.25, 0.3) is 23.0 Å². The maximum atomic E-state index is 5.90. The molecule has 2 heterocycles. The van der Waals surface area contributed by atoms with Gasteiger partial charge < -0.3 is 19.4 Å². The topological polar surface area (TPSA) is 87.3 Å². The summed E-state index contributed by atoms with van der Waals surface area (Å²) in [7, 11) is 1.58. The Hall–Kier alpha value is -2.76. The number of hydrogen-bond acceptors (Lipinski definition) is 6. The maximum Gasteiger partial charge on any atom is 0.260 e. The van der Waals surface area contributed by atoms with Crippen molar-refractivity contribution in [2.24, 2.45) is 0 Å². The molecule has 3 rings (SSSR count). The Morgan fingerprint density at radius 1 is 1.26 bits per heavy atom. The Balaban J connectivity index is 2.03. The van der Waals surface area contributed by atoms with Gasteiger partial charge in [-0.3, -0.25) is 0 Å². The van der Waals surface area contributed by atoms with E-state index in [2.05, 4.69) is 10.1 Å². The zero-order valence-corrected chi connectivity index (χ0v) is 10.2. The number of nitrogen functional groups attached to an aromatic ring is 1. The molecule has 0 aliphatic carbocycles. The van der Waals surface area contributed by atoms with Gasteiger partial charge in [0.1, 0.15) is 5.75 Å². The van der Waals surface area contributed by atoms with Crippen LogP contribution in [-0.2, 0) is 0 Å². The molecule has 6 heteroatoms. The lowest BCUT2D eigenvalue weighted by atomic mass is 10.1. The van der Waals surface area contributed by atoms with E-state index in [1.807, 2.05) is 0 Å². The molecule has 0 saturated heterocycles. The second-order valence-corrected chi connectivity index (χ2v) is 3.85. The van der Waals surface area contributed by atoms with Crippen LogP contribution in [0.2, 0.25) is 0 Å². The van der Waals surface area contributed by atoms with Gasteiger partial charge in [-0.15, -0.1) is 0 Å². The number of rotatable bonds is 3. The highest BCUT2D eigenvalue weighted by atomic mass is 16.5. The molecule has 0 spiro atoms. The van der Waals surface area contributed by atoms with Gasteiger partial charge in [-0.1, -0.05) is 5.16 Å². The van der Waals surface area contributed by atoms with Crippen LogP contribution in [0.4, 0.5) is 5.69 Å². The molecule has 0 aliphatic rings. The summed E-state index contributed by atoms with van der Waals surface area (Å²) in [6, 6.07) is 8.75. The number of nitrogens with two attached hydrogens (primary N) is 1. The first-order valence-electron chi connectivity index (χ1n) is 5.59. The van der Waals surface area contributed by atoms with Crippen molar-refractivity contribution >= 4 is 5.69 Å². The lowest BCUT2D eigenvalue weighted by Gasteiger charge is -2.03. The first-order valence-corrected chi connectivity index (χ1v) is 5.59. The summed E-state index contributed by atoms with van der Waals surface area (Å²) in [5.41, 5.74) is 7.06. The molecular weight excluding hydrogens is 246 g/mol. The van der Waals surface area contributed by atoms with Crippen LogP contribution in [0.5, 0.6) is 5.75 Å². The average Bonchev–Trinajstić information content (AvgIpc) is 3.10. The number of benzene rings is 1. The van der Waals surface area contributed by atoms with Gasteiger partial charge in [-0.25, -0.2) is 0 Å². The second kappa shape index (κ2) is 4.49. The summed E-state index contributed by atoms with van der Waals surface area (Å²) >= 11 is 0. The number of aromatic nitrogens is 2. The number of anilines is 1. The molecule has 0 aliphatic heterocycles. The molecule has 0 bridgehead atoms. The van der Waals surface area contributed by atoms with E-state index in [1.54, 1.807) is 43.7 Å². The largest absolute Gasteiger partial charge is 0.497 e. The van der Waals surface area contributed by atoms with E-state index < -0.39 is 0 Å². The van der Waals surface area contributed by atoms with E-state index in [0.29, 0.717) is 34.5 Å². The van der Waals surface area contributed by atoms with Crippen molar-refractivity contribution in [3.63, 3.8) is 0 Å². The van der Waals surface area contributed by atoms with Crippen molar-refractivity contribution in [3.8, 4) is 28.8 Å². The predicted octanol–water partition coefficient (Wildman–Crippen LogP) is 2.59. The molecule has 3 aromatic rings. The number of hydrogen-bond donors (Lipinski definition) is 1. The van der Waals surface area contributed by atoms with E-state index >= 15 is 0 Å². The predicted molar refractivity (Wildman–Crippen MR) is 68.4 cm³/mol. The van der Waals surface area contributed by atoms with Gasteiger partial charge in [0, 0.05) is 5.69 Å². The fourth-order valence-electron chi connectivity index (χ4n) is 1.69. The second-order valence-electron chi connectivity index (χ2n) is 3.85. The fourth-order valence-corrected chi connectivity index (χ4v) is 1.69. The van der Waals surface area contributed by atoms with Crippen molar-refractivity contribution in [1.82, 2.24) is 10.1 Å². The zero-order valence-electron chi connectivity index (χ0n) is 10.2. The first kappa shape index (κ1) is 11.3. The molecule has 0 saturated carbocycles. The minimum absolute atomic E-state index is 0.322. The highest BCUT2D eigenvalue weighted by Gasteiger charge is 2.15. The zero-order chi connectivity index (χ0) is 13.2. The third kappa shape index (κ3) is 2.03. The van der Waals surface area contributed by atoms with Gasteiger partial charge in [0.2, 0.25) is 5.82 Å². The minimum Gasteiger partial charge on any atom is -0.497 e. The normalized spacial score (nSPS) is 10.6. The van der Waals surface area contributed by atoms with Crippen LogP contribution in [0.3, 0.4) is 0 Å². The van der Waals surface area contributed by atoms with Crippen molar-refractivity contribution < 1.29 is 13.7 Å². The van der Waals surface area contributed by atoms with Gasteiger partial charge in [0.15, 0.2) is 5.76 Å². The highest BCUT2D eigenvalue weighted by Crippen LogP contribution is 2.30. The Bertz CT molecular complexity index is 689. The van der Waals surface area contributed by atoms with Crippen molar-refractivity contribution in [3.05, 3.63) is 36.6 Å². The molecule has 6 nitrogen and oxygen atoms in total. The Kier molecular flexibility index (Phi) is 2.68. The summed E-state index contributed by atoms with van der Waals surface area (Å²) < 4.78 is 15.5. The summed E-state index contributed by atoms with van der Waals surface area (Å²) in [5.74, 6) is 1.91. The van der Waals surface area contributed by atoms with Gasteiger partial charge in [0.05, 0.1) is 18.9 Å². The van der Waals surface area contributed by atoms with E-state index in [4.69, 9.17) is 19.4 Å². The molecule has 96 valence electrons. The number of methoxy groups -OCH3 is 1.